The maximum atomic E-state index is 5.75. The van der Waals surface area contributed by atoms with Gasteiger partial charge in [-0.15, -0.1) is 11.3 Å². The molecule has 0 aliphatic carbocycles. The number of nitrogens with zero attached hydrogens (tertiary/aromatic N) is 2. The van der Waals surface area contributed by atoms with E-state index in [9.17, 15) is 0 Å². The summed E-state index contributed by atoms with van der Waals surface area (Å²) in [6.07, 6.45) is 1.20. The standard InChI is InChI=1S/C16H17N3S2/c1-19-13-6-10(8-17)2-3-12(13)18-16(19)15-7-11-9-20-5-4-14(11)21-15/h2-3,6-7H,4-5,8-9,17H2,1H3. The lowest BCUT2D eigenvalue weighted by molar-refractivity contribution is 0.959. The van der Waals surface area contributed by atoms with Crippen LogP contribution < -0.4 is 5.73 Å². The van der Waals surface area contributed by atoms with Crippen molar-refractivity contribution in [2.45, 2.75) is 18.7 Å². The Bertz CT molecular complexity index is 793. The Kier molecular flexibility index (Phi) is 3.28. The first-order chi connectivity index (χ1) is 10.3. The van der Waals surface area contributed by atoms with Crippen molar-refractivity contribution in [1.29, 1.82) is 0 Å². The normalized spacial score (nSPS) is 14.6. The Hall–Kier alpha value is -1.30. The molecule has 0 radical (unpaired) electrons. The van der Waals surface area contributed by atoms with E-state index in [1.165, 1.54) is 22.6 Å². The summed E-state index contributed by atoms with van der Waals surface area (Å²) in [7, 11) is 2.10. The van der Waals surface area contributed by atoms with Gasteiger partial charge in [-0.25, -0.2) is 4.98 Å². The van der Waals surface area contributed by atoms with E-state index < -0.39 is 0 Å². The highest BCUT2D eigenvalue weighted by Gasteiger charge is 2.18. The maximum Gasteiger partial charge on any atom is 0.150 e. The first-order valence-corrected chi connectivity index (χ1v) is 9.08. The number of benzene rings is 1. The zero-order valence-corrected chi connectivity index (χ0v) is 13.6. The Labute approximate surface area is 132 Å². The summed E-state index contributed by atoms with van der Waals surface area (Å²) in [5.41, 5.74) is 10.6. The van der Waals surface area contributed by atoms with Crippen molar-refractivity contribution in [3.05, 3.63) is 40.3 Å². The molecule has 108 valence electrons. The molecule has 0 spiro atoms. The van der Waals surface area contributed by atoms with Crippen molar-refractivity contribution in [2.75, 3.05) is 5.75 Å². The minimum absolute atomic E-state index is 0.570. The minimum atomic E-state index is 0.570. The zero-order valence-electron chi connectivity index (χ0n) is 11.9. The molecule has 1 aliphatic heterocycles. The van der Waals surface area contributed by atoms with Gasteiger partial charge in [0, 0.05) is 24.2 Å². The number of fused-ring (bicyclic) bond motifs is 2. The maximum absolute atomic E-state index is 5.75. The van der Waals surface area contributed by atoms with E-state index in [0.717, 1.165) is 28.2 Å². The second kappa shape index (κ2) is 5.16. The Morgan fingerprint density at radius 1 is 1.33 bits per heavy atom. The fourth-order valence-corrected chi connectivity index (χ4v) is 5.24. The van der Waals surface area contributed by atoms with E-state index in [1.54, 1.807) is 4.88 Å². The summed E-state index contributed by atoms with van der Waals surface area (Å²) in [5.74, 6) is 3.46. The van der Waals surface area contributed by atoms with E-state index in [2.05, 4.69) is 35.9 Å². The van der Waals surface area contributed by atoms with Crippen LogP contribution in [0.3, 0.4) is 0 Å². The van der Waals surface area contributed by atoms with Crippen LogP contribution in [0.4, 0.5) is 0 Å². The van der Waals surface area contributed by atoms with Gasteiger partial charge in [0.25, 0.3) is 0 Å². The molecule has 2 aromatic heterocycles. The number of imidazole rings is 1. The van der Waals surface area contributed by atoms with Gasteiger partial charge in [-0.2, -0.15) is 11.8 Å². The summed E-state index contributed by atoms with van der Waals surface area (Å²) >= 11 is 3.93. The van der Waals surface area contributed by atoms with Crippen LogP contribution >= 0.6 is 23.1 Å². The second-order valence-corrected chi connectivity index (χ2v) is 7.63. The number of hydrogen-bond acceptors (Lipinski definition) is 4. The highest BCUT2D eigenvalue weighted by Crippen LogP contribution is 2.37. The SMILES string of the molecule is Cn1c(-c2cc3c(s2)CCSC3)nc2ccc(CN)cc21. The van der Waals surface area contributed by atoms with Crippen molar-refractivity contribution < 1.29 is 0 Å². The molecule has 21 heavy (non-hydrogen) atoms. The average Bonchev–Trinajstić information content (AvgIpc) is 3.08. The molecule has 0 bridgehead atoms. The zero-order chi connectivity index (χ0) is 14.4. The number of rotatable bonds is 2. The minimum Gasteiger partial charge on any atom is -0.326 e. The van der Waals surface area contributed by atoms with Gasteiger partial charge in [0.1, 0.15) is 0 Å². The molecular formula is C16H17N3S2. The first-order valence-electron chi connectivity index (χ1n) is 7.11. The molecule has 1 aliphatic rings. The smallest absolute Gasteiger partial charge is 0.150 e. The van der Waals surface area contributed by atoms with E-state index in [4.69, 9.17) is 10.7 Å². The second-order valence-electron chi connectivity index (χ2n) is 5.38. The van der Waals surface area contributed by atoms with Crippen LogP contribution in [0, 0.1) is 0 Å². The molecule has 2 N–H and O–H groups in total. The molecule has 0 unspecified atom stereocenters. The van der Waals surface area contributed by atoms with Gasteiger partial charge < -0.3 is 10.3 Å². The summed E-state index contributed by atoms with van der Waals surface area (Å²) < 4.78 is 2.19. The van der Waals surface area contributed by atoms with Gasteiger partial charge in [0.2, 0.25) is 0 Å². The molecule has 5 heteroatoms. The average molecular weight is 315 g/mol. The summed E-state index contributed by atoms with van der Waals surface area (Å²) in [4.78, 5) is 7.65. The Balaban J connectivity index is 1.86. The van der Waals surface area contributed by atoms with Crippen LogP contribution in [0.5, 0.6) is 0 Å². The van der Waals surface area contributed by atoms with Crippen molar-refractivity contribution in [3.63, 3.8) is 0 Å². The van der Waals surface area contributed by atoms with Crippen LogP contribution in [0.1, 0.15) is 16.0 Å². The number of aryl methyl sites for hydroxylation is 2. The molecule has 3 nitrogen and oxygen atoms in total. The van der Waals surface area contributed by atoms with Crippen molar-refractivity contribution in [3.8, 4) is 10.7 Å². The Morgan fingerprint density at radius 2 is 2.24 bits per heavy atom. The number of nitrogens with two attached hydrogens (primary N) is 1. The van der Waals surface area contributed by atoms with Crippen molar-refractivity contribution in [1.82, 2.24) is 9.55 Å². The van der Waals surface area contributed by atoms with Gasteiger partial charge >= 0.3 is 0 Å². The van der Waals surface area contributed by atoms with Crippen LogP contribution in [0.2, 0.25) is 0 Å². The molecule has 3 aromatic rings. The molecule has 0 saturated heterocycles. The van der Waals surface area contributed by atoms with Gasteiger partial charge in [-0.1, -0.05) is 6.07 Å². The number of aromatic nitrogens is 2. The molecule has 1 aromatic carbocycles. The number of hydrogen-bond donors (Lipinski definition) is 1. The fourth-order valence-electron chi connectivity index (χ4n) is 2.84. The van der Waals surface area contributed by atoms with E-state index in [1.807, 2.05) is 23.1 Å². The van der Waals surface area contributed by atoms with Crippen LogP contribution in [-0.2, 0) is 25.8 Å². The quantitative estimate of drug-likeness (QED) is 0.786. The monoisotopic (exact) mass is 315 g/mol. The molecule has 0 atom stereocenters. The first kappa shape index (κ1) is 13.4. The predicted octanol–water partition coefficient (Wildman–Crippen LogP) is 3.55. The molecule has 0 fully saturated rings. The van der Waals surface area contributed by atoms with Gasteiger partial charge in [0.15, 0.2) is 5.82 Å². The lowest BCUT2D eigenvalue weighted by atomic mass is 10.2. The molecular weight excluding hydrogens is 298 g/mol. The number of thiophene rings is 1. The summed E-state index contributed by atoms with van der Waals surface area (Å²) in [6.45, 7) is 0.570. The fraction of sp³-hybridized carbons (Fsp3) is 0.312. The lowest BCUT2D eigenvalue weighted by Crippen LogP contribution is -1.96. The van der Waals surface area contributed by atoms with Gasteiger partial charge in [-0.05, 0) is 41.5 Å². The third-order valence-corrected chi connectivity index (χ3v) is 6.27. The summed E-state index contributed by atoms with van der Waals surface area (Å²) in [6, 6.07) is 8.62. The highest BCUT2D eigenvalue weighted by molar-refractivity contribution is 7.98. The van der Waals surface area contributed by atoms with Gasteiger partial charge in [-0.3, -0.25) is 0 Å². The topological polar surface area (TPSA) is 43.8 Å². The van der Waals surface area contributed by atoms with E-state index >= 15 is 0 Å². The molecule has 0 amide bonds. The molecule has 0 saturated carbocycles. The van der Waals surface area contributed by atoms with Crippen molar-refractivity contribution >= 4 is 34.1 Å². The van der Waals surface area contributed by atoms with Crippen LogP contribution in [-0.4, -0.2) is 15.3 Å². The van der Waals surface area contributed by atoms with Crippen LogP contribution in [0.25, 0.3) is 21.7 Å². The largest absolute Gasteiger partial charge is 0.326 e. The molecule has 4 rings (SSSR count). The number of thioether (sulfide) groups is 1. The third-order valence-electron chi connectivity index (χ3n) is 4.03. The van der Waals surface area contributed by atoms with Gasteiger partial charge in [0.05, 0.1) is 15.9 Å². The third kappa shape index (κ3) is 2.20. The van der Waals surface area contributed by atoms with E-state index in [0.29, 0.717) is 6.54 Å². The highest BCUT2D eigenvalue weighted by atomic mass is 32.2. The van der Waals surface area contributed by atoms with E-state index in [-0.39, 0.29) is 0 Å². The van der Waals surface area contributed by atoms with Crippen LogP contribution in [0.15, 0.2) is 24.3 Å². The predicted molar refractivity (Wildman–Crippen MR) is 91.8 cm³/mol. The molecule has 3 heterocycles. The Morgan fingerprint density at radius 3 is 3.05 bits per heavy atom. The van der Waals surface area contributed by atoms with Crippen molar-refractivity contribution in [2.24, 2.45) is 12.8 Å². The lowest BCUT2D eigenvalue weighted by Gasteiger charge is -2.08. The summed E-state index contributed by atoms with van der Waals surface area (Å²) in [5, 5.41) is 0.